The number of hydrogen-bond acceptors (Lipinski definition) is 5. The van der Waals surface area contributed by atoms with Crippen molar-refractivity contribution in [1.82, 2.24) is 19.7 Å². The maximum absolute atomic E-state index is 11.9. The molecule has 2 aromatic heterocycles. The van der Waals surface area contributed by atoms with Crippen LogP contribution in [0.25, 0.3) is 0 Å². The lowest BCUT2D eigenvalue weighted by molar-refractivity contribution is 0.102. The number of aryl methyl sites for hydroxylation is 1. The van der Waals surface area contributed by atoms with E-state index in [1.165, 1.54) is 11.0 Å². The fourth-order valence-corrected chi connectivity index (χ4v) is 1.44. The number of aromatic nitrogens is 4. The van der Waals surface area contributed by atoms with E-state index in [1.54, 1.807) is 19.3 Å². The van der Waals surface area contributed by atoms with Gasteiger partial charge in [-0.25, -0.2) is 4.68 Å². The summed E-state index contributed by atoms with van der Waals surface area (Å²) >= 11 is 0. The first-order valence-electron chi connectivity index (χ1n) is 5.56. The van der Waals surface area contributed by atoms with Crippen LogP contribution in [0.5, 0.6) is 0 Å². The average Bonchev–Trinajstić information content (AvgIpc) is 2.76. The Labute approximate surface area is 104 Å². The van der Waals surface area contributed by atoms with Crippen molar-refractivity contribution in [2.24, 2.45) is 7.05 Å². The molecule has 2 aromatic rings. The van der Waals surface area contributed by atoms with Crippen molar-refractivity contribution >= 4 is 17.5 Å². The highest BCUT2D eigenvalue weighted by atomic mass is 16.2. The highest BCUT2D eigenvalue weighted by Crippen LogP contribution is 2.09. The van der Waals surface area contributed by atoms with Gasteiger partial charge < -0.3 is 5.32 Å². The summed E-state index contributed by atoms with van der Waals surface area (Å²) in [6.07, 6.45) is 2.96. The normalized spacial score (nSPS) is 10.1. The number of pyridine rings is 1. The first-order valence-corrected chi connectivity index (χ1v) is 5.56. The van der Waals surface area contributed by atoms with E-state index >= 15 is 0 Å². The lowest BCUT2D eigenvalue weighted by Gasteiger charge is -2.06. The third-order valence-electron chi connectivity index (χ3n) is 2.31. The van der Waals surface area contributed by atoms with Crippen LogP contribution in [-0.2, 0) is 7.05 Å². The van der Waals surface area contributed by atoms with Gasteiger partial charge in [0.25, 0.3) is 5.91 Å². The van der Waals surface area contributed by atoms with E-state index in [0.29, 0.717) is 11.6 Å². The van der Waals surface area contributed by atoms with Crippen LogP contribution < -0.4 is 10.6 Å². The van der Waals surface area contributed by atoms with Gasteiger partial charge in [0, 0.05) is 25.5 Å². The van der Waals surface area contributed by atoms with Crippen molar-refractivity contribution in [1.29, 1.82) is 0 Å². The summed E-state index contributed by atoms with van der Waals surface area (Å²) in [7, 11) is 1.70. The second-order valence-electron chi connectivity index (χ2n) is 3.62. The second-order valence-corrected chi connectivity index (χ2v) is 3.62. The van der Waals surface area contributed by atoms with Gasteiger partial charge >= 0.3 is 0 Å². The van der Waals surface area contributed by atoms with Crippen LogP contribution in [0.3, 0.4) is 0 Å². The zero-order chi connectivity index (χ0) is 13.0. The van der Waals surface area contributed by atoms with Gasteiger partial charge in [-0.1, -0.05) is 0 Å². The van der Waals surface area contributed by atoms with Crippen LogP contribution in [-0.4, -0.2) is 32.2 Å². The van der Waals surface area contributed by atoms with E-state index in [0.717, 1.165) is 12.2 Å². The smallest absolute Gasteiger partial charge is 0.276 e. The third-order valence-corrected chi connectivity index (χ3v) is 2.31. The Morgan fingerprint density at radius 1 is 1.44 bits per heavy atom. The van der Waals surface area contributed by atoms with Crippen LogP contribution in [0.1, 0.15) is 17.4 Å². The molecule has 2 N–H and O–H groups in total. The average molecular weight is 246 g/mol. The van der Waals surface area contributed by atoms with Crippen LogP contribution in [0, 0.1) is 0 Å². The number of nitrogens with one attached hydrogen (secondary N) is 2. The highest BCUT2D eigenvalue weighted by Gasteiger charge is 2.10. The molecule has 0 radical (unpaired) electrons. The minimum atomic E-state index is -0.314. The Hall–Kier alpha value is -2.44. The maximum atomic E-state index is 11.9. The Morgan fingerprint density at radius 3 is 2.94 bits per heavy atom. The van der Waals surface area contributed by atoms with E-state index in [1.807, 2.05) is 13.0 Å². The van der Waals surface area contributed by atoms with Gasteiger partial charge in [-0.15, -0.1) is 0 Å². The predicted octanol–water partition coefficient (Wildman–Crippen LogP) is 0.894. The van der Waals surface area contributed by atoms with Gasteiger partial charge in [-0.2, -0.15) is 10.1 Å². The third kappa shape index (κ3) is 2.62. The SMILES string of the molecule is CCNc1ccnc(C(=O)Nc2ncnn2C)c1. The van der Waals surface area contributed by atoms with E-state index in [9.17, 15) is 4.79 Å². The molecule has 2 rings (SSSR count). The molecule has 7 heteroatoms. The van der Waals surface area contributed by atoms with Crippen molar-refractivity contribution in [3.8, 4) is 0 Å². The minimum Gasteiger partial charge on any atom is -0.385 e. The van der Waals surface area contributed by atoms with Gasteiger partial charge in [0.1, 0.15) is 12.0 Å². The van der Waals surface area contributed by atoms with E-state index in [4.69, 9.17) is 0 Å². The number of nitrogens with zero attached hydrogens (tertiary/aromatic N) is 4. The molecular formula is C11H14N6O. The maximum Gasteiger partial charge on any atom is 0.276 e. The summed E-state index contributed by atoms with van der Waals surface area (Å²) in [4.78, 5) is 19.9. The largest absolute Gasteiger partial charge is 0.385 e. The van der Waals surface area contributed by atoms with Gasteiger partial charge in [0.2, 0.25) is 5.95 Å². The summed E-state index contributed by atoms with van der Waals surface area (Å²) < 4.78 is 1.48. The van der Waals surface area contributed by atoms with E-state index in [-0.39, 0.29) is 5.91 Å². The number of anilines is 2. The molecule has 18 heavy (non-hydrogen) atoms. The molecular weight excluding hydrogens is 232 g/mol. The Bertz CT molecular complexity index is 550. The van der Waals surface area contributed by atoms with Crippen molar-refractivity contribution in [2.45, 2.75) is 6.92 Å². The van der Waals surface area contributed by atoms with Crippen molar-refractivity contribution in [3.05, 3.63) is 30.4 Å². The molecule has 0 atom stereocenters. The summed E-state index contributed by atoms with van der Waals surface area (Å²) in [5, 5.41) is 9.62. The van der Waals surface area contributed by atoms with Crippen LogP contribution in [0.4, 0.5) is 11.6 Å². The molecule has 0 unspecified atom stereocenters. The molecule has 0 saturated carbocycles. The predicted molar refractivity (Wildman–Crippen MR) is 67.4 cm³/mol. The van der Waals surface area contributed by atoms with Crippen LogP contribution >= 0.6 is 0 Å². The van der Waals surface area contributed by atoms with Crippen LogP contribution in [0.2, 0.25) is 0 Å². The lowest BCUT2D eigenvalue weighted by atomic mass is 10.3. The summed E-state index contributed by atoms with van der Waals surface area (Å²) in [6, 6.07) is 3.50. The zero-order valence-electron chi connectivity index (χ0n) is 10.2. The Balaban J connectivity index is 2.14. The van der Waals surface area contributed by atoms with E-state index < -0.39 is 0 Å². The first-order chi connectivity index (χ1) is 8.70. The topological polar surface area (TPSA) is 84.7 Å². The monoisotopic (exact) mass is 246 g/mol. The van der Waals surface area contributed by atoms with Crippen molar-refractivity contribution in [3.63, 3.8) is 0 Å². The van der Waals surface area contributed by atoms with Gasteiger partial charge in [-0.3, -0.25) is 15.1 Å². The van der Waals surface area contributed by atoms with Gasteiger partial charge in [-0.05, 0) is 19.1 Å². The first kappa shape index (κ1) is 12.0. The molecule has 0 saturated heterocycles. The fraction of sp³-hybridized carbons (Fsp3) is 0.273. The summed E-state index contributed by atoms with van der Waals surface area (Å²) in [5.41, 5.74) is 1.19. The minimum absolute atomic E-state index is 0.314. The number of carbonyl (C=O) groups is 1. The molecule has 94 valence electrons. The van der Waals surface area contributed by atoms with Crippen LogP contribution in [0.15, 0.2) is 24.7 Å². The Kier molecular flexibility index (Phi) is 3.52. The zero-order valence-corrected chi connectivity index (χ0v) is 10.2. The molecule has 2 heterocycles. The number of hydrogen-bond donors (Lipinski definition) is 2. The Morgan fingerprint density at radius 2 is 2.28 bits per heavy atom. The number of carbonyl (C=O) groups excluding carboxylic acids is 1. The molecule has 0 fully saturated rings. The number of rotatable bonds is 4. The molecule has 0 aliphatic carbocycles. The highest BCUT2D eigenvalue weighted by molar-refractivity contribution is 6.02. The van der Waals surface area contributed by atoms with Gasteiger partial charge in [0.05, 0.1) is 0 Å². The molecule has 0 spiro atoms. The molecule has 7 nitrogen and oxygen atoms in total. The van der Waals surface area contributed by atoms with Crippen molar-refractivity contribution < 1.29 is 4.79 Å². The second kappa shape index (κ2) is 5.26. The lowest BCUT2D eigenvalue weighted by Crippen LogP contribution is -2.17. The molecule has 0 aromatic carbocycles. The molecule has 1 amide bonds. The molecule has 0 aliphatic heterocycles. The molecule has 0 bridgehead atoms. The van der Waals surface area contributed by atoms with Crippen molar-refractivity contribution in [2.75, 3.05) is 17.2 Å². The molecule has 0 aliphatic rings. The summed E-state index contributed by atoms with van der Waals surface area (Å²) in [6.45, 7) is 2.77. The summed E-state index contributed by atoms with van der Waals surface area (Å²) in [5.74, 6) is 0.0708. The number of amides is 1. The van der Waals surface area contributed by atoms with Gasteiger partial charge in [0.15, 0.2) is 0 Å². The van der Waals surface area contributed by atoms with E-state index in [2.05, 4.69) is 25.7 Å². The quantitative estimate of drug-likeness (QED) is 0.837. The standard InChI is InChI=1S/C11H14N6O/c1-3-12-8-4-5-13-9(6-8)10(18)16-11-14-7-15-17(11)2/h4-7H,3H2,1-2H3,(H,12,13)(H,14,15,16,18). The fourth-order valence-electron chi connectivity index (χ4n) is 1.44.